The fraction of sp³-hybridized carbons (Fsp3) is 0.0145. The van der Waals surface area contributed by atoms with Crippen LogP contribution < -0.4 is 4.90 Å². The summed E-state index contributed by atoms with van der Waals surface area (Å²) in [5.74, 6) is 0. The van der Waals surface area contributed by atoms with Crippen molar-refractivity contribution in [3.8, 4) is 39.1 Å². The molecule has 12 aromatic carbocycles. The summed E-state index contributed by atoms with van der Waals surface area (Å²) >= 11 is 0. The van der Waals surface area contributed by atoms with Crippen molar-refractivity contribution in [3.05, 3.63) is 301 Å². The molecule has 1 aliphatic carbocycles. The molecule has 1 aromatic heterocycles. The maximum atomic E-state index is 2.52. The minimum Gasteiger partial charge on any atom is -0.310 e. The summed E-state index contributed by atoms with van der Waals surface area (Å²) in [6.07, 6.45) is 0. The summed E-state index contributed by atoms with van der Waals surface area (Å²) in [4.78, 5) is 2.48. The third-order valence-corrected chi connectivity index (χ3v) is 15.0. The summed E-state index contributed by atoms with van der Waals surface area (Å²) in [6, 6.07) is 103. The van der Waals surface area contributed by atoms with Crippen molar-refractivity contribution >= 4 is 60.4 Å². The van der Waals surface area contributed by atoms with Crippen LogP contribution in [0.15, 0.2) is 279 Å². The lowest BCUT2D eigenvalue weighted by Gasteiger charge is -2.35. The number of fused-ring (bicyclic) bond motifs is 9. The highest BCUT2D eigenvalue weighted by Crippen LogP contribution is 2.57. The molecule has 1 aliphatic rings. The molecule has 14 rings (SSSR count). The molecule has 0 spiro atoms. The lowest BCUT2D eigenvalue weighted by molar-refractivity contribution is 0.768. The summed E-state index contributed by atoms with van der Waals surface area (Å²) in [5, 5.41) is 7.29. The van der Waals surface area contributed by atoms with E-state index in [0.717, 1.165) is 28.3 Å². The van der Waals surface area contributed by atoms with E-state index in [-0.39, 0.29) is 0 Å². The van der Waals surface area contributed by atoms with Crippen molar-refractivity contribution in [2.75, 3.05) is 4.90 Å². The zero-order valence-corrected chi connectivity index (χ0v) is 39.0. The second-order valence-corrected chi connectivity index (χ2v) is 18.8. The van der Waals surface area contributed by atoms with Crippen molar-refractivity contribution < 1.29 is 0 Å². The minimum atomic E-state index is -0.591. The Kier molecular flexibility index (Phi) is 9.47. The standard InChI is InChI=1S/C69H46N2/c1-4-18-47(19-5-1)49-32-36-54(37-33-49)69(53-25-8-3-9-26-53)64-30-16-14-29-60(64)61-42-39-56(45-65(61)69)70(55-38-34-48-20-10-11-24-52(48)44-55)57-40-43-62-63-41-35-51-23-12-13-28-59(51)68(63)71(67(62)46-57)66-31-17-15-27-58(66)50-21-6-2-7-22-50/h1-46H. The molecule has 0 aliphatic heterocycles. The minimum absolute atomic E-state index is 0.591. The van der Waals surface area contributed by atoms with Gasteiger partial charge in [-0.05, 0) is 109 Å². The Labute approximate surface area is 413 Å². The number of nitrogens with zero attached hydrogens (tertiary/aromatic N) is 2. The number of benzene rings is 12. The van der Waals surface area contributed by atoms with Gasteiger partial charge in [0.15, 0.2) is 0 Å². The van der Waals surface area contributed by atoms with Crippen LogP contribution in [0.3, 0.4) is 0 Å². The molecule has 1 atom stereocenters. The molecule has 2 nitrogen and oxygen atoms in total. The number of hydrogen-bond acceptors (Lipinski definition) is 1. The molecule has 0 saturated carbocycles. The lowest BCUT2D eigenvalue weighted by Crippen LogP contribution is -2.28. The van der Waals surface area contributed by atoms with Crippen LogP contribution in [0, 0.1) is 0 Å². The Morgan fingerprint density at radius 2 is 0.831 bits per heavy atom. The summed E-state index contributed by atoms with van der Waals surface area (Å²) < 4.78 is 2.52. The number of hydrogen-bond donors (Lipinski definition) is 0. The fourth-order valence-corrected chi connectivity index (χ4v) is 11.9. The van der Waals surface area contributed by atoms with Gasteiger partial charge in [-0.25, -0.2) is 0 Å². The Morgan fingerprint density at radius 3 is 1.63 bits per heavy atom. The van der Waals surface area contributed by atoms with E-state index in [4.69, 9.17) is 0 Å². The van der Waals surface area contributed by atoms with E-state index in [0.29, 0.717) is 0 Å². The van der Waals surface area contributed by atoms with Crippen LogP contribution in [0.25, 0.3) is 82.4 Å². The average molecular weight is 903 g/mol. The van der Waals surface area contributed by atoms with E-state index < -0.39 is 5.41 Å². The third-order valence-electron chi connectivity index (χ3n) is 15.0. The first-order valence-electron chi connectivity index (χ1n) is 24.6. The van der Waals surface area contributed by atoms with Gasteiger partial charge in [-0.1, -0.05) is 237 Å². The fourth-order valence-electron chi connectivity index (χ4n) is 11.9. The van der Waals surface area contributed by atoms with Crippen LogP contribution in [0.4, 0.5) is 17.1 Å². The predicted octanol–water partition coefficient (Wildman–Crippen LogP) is 18.3. The SMILES string of the molecule is c1ccc(-c2ccc(C3(c4ccccc4)c4ccccc4-c4ccc(N(c5ccc6ccccc6c5)c5ccc6c7ccc8ccccc8c7n(-c7ccccc7-c7ccccc7)c6c5)cc43)cc2)cc1. The van der Waals surface area contributed by atoms with Crippen LogP contribution in [0.1, 0.15) is 22.3 Å². The average Bonchev–Trinajstić information content (AvgIpc) is 3.95. The number of anilines is 3. The first-order valence-corrected chi connectivity index (χ1v) is 24.6. The lowest BCUT2D eigenvalue weighted by atomic mass is 9.67. The molecule has 0 saturated heterocycles. The second-order valence-electron chi connectivity index (χ2n) is 18.8. The van der Waals surface area contributed by atoms with Gasteiger partial charge < -0.3 is 9.47 Å². The molecule has 0 fully saturated rings. The van der Waals surface area contributed by atoms with E-state index in [1.54, 1.807) is 0 Å². The van der Waals surface area contributed by atoms with Crippen LogP contribution in [-0.4, -0.2) is 4.57 Å². The van der Waals surface area contributed by atoms with Crippen LogP contribution >= 0.6 is 0 Å². The van der Waals surface area contributed by atoms with E-state index in [1.807, 2.05) is 0 Å². The number of aromatic nitrogens is 1. The van der Waals surface area contributed by atoms with Gasteiger partial charge in [0.05, 0.1) is 22.1 Å². The van der Waals surface area contributed by atoms with Crippen LogP contribution in [-0.2, 0) is 5.41 Å². The maximum absolute atomic E-state index is 2.52. The highest BCUT2D eigenvalue weighted by molar-refractivity contribution is 6.19. The molecule has 2 heteroatoms. The highest BCUT2D eigenvalue weighted by atomic mass is 15.1. The molecule has 332 valence electrons. The molecule has 1 heterocycles. The normalized spacial score (nSPS) is 14.0. The van der Waals surface area contributed by atoms with E-state index in [9.17, 15) is 0 Å². The summed E-state index contributed by atoms with van der Waals surface area (Å²) in [6.45, 7) is 0. The molecule has 71 heavy (non-hydrogen) atoms. The van der Waals surface area contributed by atoms with Gasteiger partial charge >= 0.3 is 0 Å². The van der Waals surface area contributed by atoms with E-state index >= 15 is 0 Å². The van der Waals surface area contributed by atoms with Gasteiger partial charge in [-0.15, -0.1) is 0 Å². The second kappa shape index (κ2) is 16.5. The van der Waals surface area contributed by atoms with Crippen molar-refractivity contribution in [2.45, 2.75) is 5.41 Å². The maximum Gasteiger partial charge on any atom is 0.0714 e. The Hall–Kier alpha value is -9.24. The Morgan fingerprint density at radius 1 is 0.296 bits per heavy atom. The van der Waals surface area contributed by atoms with Gasteiger partial charge in [0.1, 0.15) is 0 Å². The molecular weight excluding hydrogens is 857 g/mol. The highest BCUT2D eigenvalue weighted by Gasteiger charge is 2.46. The number of para-hydroxylation sites is 1. The Bertz CT molecular complexity index is 4150. The topological polar surface area (TPSA) is 8.17 Å². The van der Waals surface area contributed by atoms with Crippen molar-refractivity contribution in [3.63, 3.8) is 0 Å². The third kappa shape index (κ3) is 6.42. The van der Waals surface area contributed by atoms with Crippen molar-refractivity contribution in [2.24, 2.45) is 0 Å². The molecule has 0 radical (unpaired) electrons. The molecule has 13 aromatic rings. The molecular formula is C69H46N2. The van der Waals surface area contributed by atoms with Gasteiger partial charge in [-0.2, -0.15) is 0 Å². The monoisotopic (exact) mass is 902 g/mol. The molecule has 0 bridgehead atoms. The number of rotatable bonds is 8. The van der Waals surface area contributed by atoms with Gasteiger partial charge in [0.2, 0.25) is 0 Å². The summed E-state index contributed by atoms with van der Waals surface area (Å²) in [5.41, 5.74) is 18.5. The zero-order valence-electron chi connectivity index (χ0n) is 39.0. The quantitative estimate of drug-likeness (QED) is 0.147. The molecule has 0 N–H and O–H groups in total. The predicted molar refractivity (Wildman–Crippen MR) is 299 cm³/mol. The van der Waals surface area contributed by atoms with E-state index in [2.05, 4.69) is 289 Å². The smallest absolute Gasteiger partial charge is 0.0714 e. The van der Waals surface area contributed by atoms with Gasteiger partial charge in [-0.3, -0.25) is 0 Å². The molecule has 0 amide bonds. The van der Waals surface area contributed by atoms with E-state index in [1.165, 1.54) is 93.5 Å². The van der Waals surface area contributed by atoms with Crippen molar-refractivity contribution in [1.82, 2.24) is 4.57 Å². The van der Waals surface area contributed by atoms with Gasteiger partial charge in [0, 0.05) is 38.8 Å². The summed E-state index contributed by atoms with van der Waals surface area (Å²) in [7, 11) is 0. The first-order chi connectivity index (χ1) is 35.2. The van der Waals surface area contributed by atoms with Gasteiger partial charge in [0.25, 0.3) is 0 Å². The zero-order chi connectivity index (χ0) is 46.9. The molecule has 1 unspecified atom stereocenters. The van der Waals surface area contributed by atoms with Crippen molar-refractivity contribution in [1.29, 1.82) is 0 Å². The largest absolute Gasteiger partial charge is 0.310 e. The van der Waals surface area contributed by atoms with Crippen LogP contribution in [0.2, 0.25) is 0 Å². The van der Waals surface area contributed by atoms with Crippen LogP contribution in [0.5, 0.6) is 0 Å². The first kappa shape index (κ1) is 40.8. The Balaban J connectivity index is 1.04.